The number of nitrogens with one attached hydrogen (secondary N) is 1. The second-order valence-electron chi connectivity index (χ2n) is 6.59. The molecule has 0 radical (unpaired) electrons. The molecule has 0 spiro atoms. The second-order valence-corrected chi connectivity index (χ2v) is 6.59. The third kappa shape index (κ3) is 4.37. The predicted molar refractivity (Wildman–Crippen MR) is 99.5 cm³/mol. The van der Waals surface area contributed by atoms with Crippen LogP contribution in [0.25, 0.3) is 0 Å². The third-order valence-corrected chi connectivity index (χ3v) is 4.90. The van der Waals surface area contributed by atoms with E-state index in [0.29, 0.717) is 26.1 Å². The zero-order valence-corrected chi connectivity index (χ0v) is 15.2. The van der Waals surface area contributed by atoms with Crippen molar-refractivity contribution in [3.63, 3.8) is 0 Å². The Labute approximate surface area is 161 Å². The van der Waals surface area contributed by atoms with Gasteiger partial charge in [-0.25, -0.2) is 0 Å². The van der Waals surface area contributed by atoms with Crippen LogP contribution in [0, 0.1) is 11.8 Å². The summed E-state index contributed by atoms with van der Waals surface area (Å²) < 4.78 is 44.5. The average molecular weight is 387 g/mol. The molecule has 1 heterocycles. The van der Waals surface area contributed by atoms with Gasteiger partial charge in [0.2, 0.25) is 5.91 Å². The van der Waals surface area contributed by atoms with Crippen LogP contribution in [-0.2, 0) is 21.1 Å². The standard InChI is InChI=1S/C22H20F3NO2/c23-22(24,25)19-11-5-4-7-17(19)8-6-14-26-20(27)21(12-15-28-16-13-21)18-9-2-1-3-10-18/h1-5,7,9-11H,12-16H2,(H,26,27). The van der Waals surface area contributed by atoms with Crippen molar-refractivity contribution in [3.05, 3.63) is 71.3 Å². The minimum Gasteiger partial charge on any atom is -0.381 e. The number of benzene rings is 2. The molecule has 1 amide bonds. The van der Waals surface area contributed by atoms with Crippen LogP contribution < -0.4 is 5.32 Å². The van der Waals surface area contributed by atoms with Gasteiger partial charge in [-0.2, -0.15) is 13.2 Å². The van der Waals surface area contributed by atoms with E-state index in [4.69, 9.17) is 4.74 Å². The Hall–Kier alpha value is -2.78. The number of hydrogen-bond donors (Lipinski definition) is 1. The van der Waals surface area contributed by atoms with E-state index in [1.165, 1.54) is 18.2 Å². The predicted octanol–water partition coefficient (Wildman–Crippen LogP) is 3.92. The van der Waals surface area contributed by atoms with Gasteiger partial charge in [0.1, 0.15) is 0 Å². The van der Waals surface area contributed by atoms with Crippen LogP contribution in [-0.4, -0.2) is 25.7 Å². The maximum atomic E-state index is 13.0. The first-order valence-corrected chi connectivity index (χ1v) is 9.00. The Morgan fingerprint density at radius 2 is 1.68 bits per heavy atom. The first kappa shape index (κ1) is 20.0. The van der Waals surface area contributed by atoms with Crippen LogP contribution in [0.5, 0.6) is 0 Å². The highest BCUT2D eigenvalue weighted by Gasteiger charge is 2.41. The van der Waals surface area contributed by atoms with E-state index in [2.05, 4.69) is 17.2 Å². The van der Waals surface area contributed by atoms with Gasteiger partial charge in [-0.1, -0.05) is 54.3 Å². The van der Waals surface area contributed by atoms with Crippen LogP contribution in [0.4, 0.5) is 13.2 Å². The largest absolute Gasteiger partial charge is 0.417 e. The zero-order valence-electron chi connectivity index (χ0n) is 15.2. The van der Waals surface area contributed by atoms with Crippen LogP contribution in [0.15, 0.2) is 54.6 Å². The molecule has 1 fully saturated rings. The molecule has 0 aliphatic carbocycles. The second kappa shape index (κ2) is 8.49. The fourth-order valence-electron chi connectivity index (χ4n) is 3.40. The first-order chi connectivity index (χ1) is 13.4. The zero-order chi connectivity index (χ0) is 20.0. The molecule has 0 unspecified atom stereocenters. The molecule has 1 aliphatic heterocycles. The Morgan fingerprint density at radius 3 is 2.36 bits per heavy atom. The topological polar surface area (TPSA) is 38.3 Å². The van der Waals surface area contributed by atoms with Crippen molar-refractivity contribution < 1.29 is 22.7 Å². The molecule has 3 nitrogen and oxygen atoms in total. The van der Waals surface area contributed by atoms with Crippen molar-refractivity contribution in [1.29, 1.82) is 0 Å². The van der Waals surface area contributed by atoms with Gasteiger partial charge < -0.3 is 10.1 Å². The molecule has 0 atom stereocenters. The molecular formula is C22H20F3NO2. The van der Waals surface area contributed by atoms with Crippen molar-refractivity contribution in [2.24, 2.45) is 0 Å². The van der Waals surface area contributed by atoms with Gasteiger partial charge in [-0.15, -0.1) is 0 Å². The third-order valence-electron chi connectivity index (χ3n) is 4.90. The van der Waals surface area contributed by atoms with Gasteiger partial charge >= 0.3 is 6.18 Å². The van der Waals surface area contributed by atoms with Crippen LogP contribution in [0.3, 0.4) is 0 Å². The van der Waals surface area contributed by atoms with Crippen LogP contribution >= 0.6 is 0 Å². The lowest BCUT2D eigenvalue weighted by Gasteiger charge is -2.36. The number of amides is 1. The van der Waals surface area contributed by atoms with Crippen molar-refractivity contribution in [3.8, 4) is 11.8 Å². The average Bonchev–Trinajstić information content (AvgIpc) is 2.72. The summed E-state index contributed by atoms with van der Waals surface area (Å²) in [5.74, 6) is 4.98. The fourth-order valence-corrected chi connectivity index (χ4v) is 3.40. The van der Waals surface area contributed by atoms with Gasteiger partial charge in [0.15, 0.2) is 0 Å². The summed E-state index contributed by atoms with van der Waals surface area (Å²) in [6.07, 6.45) is -3.37. The summed E-state index contributed by atoms with van der Waals surface area (Å²) in [5.41, 5.74) is -0.677. The van der Waals surface area contributed by atoms with Crippen LogP contribution in [0.1, 0.15) is 29.5 Å². The van der Waals surface area contributed by atoms with Gasteiger partial charge in [0, 0.05) is 18.8 Å². The minimum absolute atomic E-state index is 0.0273. The SMILES string of the molecule is O=C(NCC#Cc1ccccc1C(F)(F)F)C1(c2ccccc2)CCOCC1. The van der Waals surface area contributed by atoms with E-state index in [1.807, 2.05) is 30.3 Å². The van der Waals surface area contributed by atoms with E-state index >= 15 is 0 Å². The molecule has 0 saturated carbocycles. The Kier molecular flexibility index (Phi) is 6.05. The van der Waals surface area contributed by atoms with Crippen molar-refractivity contribution in [1.82, 2.24) is 5.32 Å². The smallest absolute Gasteiger partial charge is 0.381 e. The van der Waals surface area contributed by atoms with E-state index in [-0.39, 0.29) is 18.0 Å². The molecule has 1 N–H and O–H groups in total. The summed E-state index contributed by atoms with van der Waals surface area (Å²) in [4.78, 5) is 12.9. The van der Waals surface area contributed by atoms with Crippen molar-refractivity contribution in [2.75, 3.05) is 19.8 Å². The normalized spacial score (nSPS) is 16.0. The Morgan fingerprint density at radius 1 is 1.04 bits per heavy atom. The Bertz CT molecular complexity index is 876. The van der Waals surface area contributed by atoms with Gasteiger partial charge in [-0.3, -0.25) is 4.79 Å². The lowest BCUT2D eigenvalue weighted by atomic mass is 9.73. The van der Waals surface area contributed by atoms with E-state index in [9.17, 15) is 18.0 Å². The summed E-state index contributed by atoms with van der Waals surface area (Å²) in [5, 5.41) is 2.77. The molecule has 6 heteroatoms. The lowest BCUT2D eigenvalue weighted by molar-refractivity contribution is -0.137. The number of hydrogen-bond acceptors (Lipinski definition) is 2. The van der Waals surface area contributed by atoms with E-state index < -0.39 is 17.2 Å². The lowest BCUT2D eigenvalue weighted by Crippen LogP contribution is -2.48. The summed E-state index contributed by atoms with van der Waals surface area (Å²) in [6, 6.07) is 14.6. The molecular weight excluding hydrogens is 367 g/mol. The molecule has 1 saturated heterocycles. The summed E-state index contributed by atoms with van der Waals surface area (Å²) in [6.45, 7) is 0.931. The summed E-state index contributed by atoms with van der Waals surface area (Å²) >= 11 is 0. The number of carbonyl (C=O) groups excluding carboxylic acids is 1. The number of halogens is 3. The molecule has 1 aliphatic rings. The number of ether oxygens (including phenoxy) is 1. The molecule has 0 bridgehead atoms. The highest BCUT2D eigenvalue weighted by molar-refractivity contribution is 5.88. The quantitative estimate of drug-likeness (QED) is 0.811. The number of carbonyl (C=O) groups is 1. The molecule has 3 rings (SSSR count). The monoisotopic (exact) mass is 387 g/mol. The molecule has 2 aromatic rings. The number of rotatable bonds is 3. The minimum atomic E-state index is -4.46. The number of alkyl halides is 3. The molecule has 0 aromatic heterocycles. The maximum Gasteiger partial charge on any atom is 0.417 e. The van der Waals surface area contributed by atoms with Crippen molar-refractivity contribution >= 4 is 5.91 Å². The maximum absolute atomic E-state index is 13.0. The van der Waals surface area contributed by atoms with E-state index in [1.54, 1.807) is 0 Å². The highest BCUT2D eigenvalue weighted by Crippen LogP contribution is 2.35. The van der Waals surface area contributed by atoms with Gasteiger partial charge in [-0.05, 0) is 30.5 Å². The molecule has 28 heavy (non-hydrogen) atoms. The summed E-state index contributed by atoms with van der Waals surface area (Å²) in [7, 11) is 0. The van der Waals surface area contributed by atoms with Crippen molar-refractivity contribution in [2.45, 2.75) is 24.4 Å². The highest BCUT2D eigenvalue weighted by atomic mass is 19.4. The van der Waals surface area contributed by atoms with Gasteiger partial charge in [0.05, 0.1) is 17.5 Å². The van der Waals surface area contributed by atoms with Gasteiger partial charge in [0.25, 0.3) is 0 Å². The molecule has 2 aromatic carbocycles. The Balaban J connectivity index is 1.73. The van der Waals surface area contributed by atoms with E-state index in [0.717, 1.165) is 11.6 Å². The first-order valence-electron chi connectivity index (χ1n) is 9.00. The fraction of sp³-hybridized carbons (Fsp3) is 0.318. The molecule has 146 valence electrons. The van der Waals surface area contributed by atoms with Crippen LogP contribution in [0.2, 0.25) is 0 Å².